The average molecular weight is 674 g/mol. The molecule has 1 atom stereocenters. The van der Waals surface area contributed by atoms with Gasteiger partial charge in [-0.3, -0.25) is 13.9 Å². The van der Waals surface area contributed by atoms with Crippen LogP contribution in [0.25, 0.3) is 0 Å². The number of carbonyl (C=O) groups excluding carboxylic acids is 2. The summed E-state index contributed by atoms with van der Waals surface area (Å²) in [5.41, 5.74) is 1.76. The fourth-order valence-corrected chi connectivity index (χ4v) is 6.68. The number of unbranched alkanes of at least 4 members (excludes halogenated alkanes) is 1. The van der Waals surface area contributed by atoms with Gasteiger partial charge in [0.25, 0.3) is 10.0 Å². The largest absolute Gasteiger partial charge is 0.497 e. The highest BCUT2D eigenvalue weighted by molar-refractivity contribution is 7.92. The lowest BCUT2D eigenvalue weighted by molar-refractivity contribution is -0.140. The first-order chi connectivity index (χ1) is 23.2. The summed E-state index contributed by atoms with van der Waals surface area (Å²) in [5, 5.41) is 3.00. The molecule has 4 aromatic rings. The first-order valence-corrected chi connectivity index (χ1v) is 17.2. The van der Waals surface area contributed by atoms with Crippen LogP contribution in [-0.4, -0.2) is 65.6 Å². The summed E-state index contributed by atoms with van der Waals surface area (Å²) in [6.45, 7) is 1.91. The van der Waals surface area contributed by atoms with E-state index < -0.39 is 28.5 Å². The Hall–Kier alpha value is -5.03. The second-order valence-corrected chi connectivity index (χ2v) is 12.9. The molecule has 0 heterocycles. The van der Waals surface area contributed by atoms with Crippen molar-refractivity contribution in [1.82, 2.24) is 10.2 Å². The average Bonchev–Trinajstić information content (AvgIpc) is 3.12. The summed E-state index contributed by atoms with van der Waals surface area (Å²) in [6.07, 6.45) is 1.88. The van der Waals surface area contributed by atoms with Crippen molar-refractivity contribution < 1.29 is 32.2 Å². The van der Waals surface area contributed by atoms with E-state index in [1.165, 1.54) is 37.3 Å². The summed E-state index contributed by atoms with van der Waals surface area (Å²) >= 11 is 0. The minimum Gasteiger partial charge on any atom is -0.497 e. The van der Waals surface area contributed by atoms with E-state index in [-0.39, 0.29) is 29.5 Å². The maximum atomic E-state index is 14.7. The van der Waals surface area contributed by atoms with Crippen LogP contribution in [0.5, 0.6) is 17.2 Å². The maximum absolute atomic E-state index is 14.7. The SMILES string of the molecule is CCCCNC(=O)C(Cc1ccccc1)N(Cc1cccc(OC)c1)C(=O)CN(c1ccc(OC)c(OC)c1)S(=O)(=O)c1ccccc1. The second kappa shape index (κ2) is 17.2. The molecule has 0 aliphatic heterocycles. The highest BCUT2D eigenvalue weighted by atomic mass is 32.2. The van der Waals surface area contributed by atoms with Gasteiger partial charge in [-0.25, -0.2) is 8.42 Å². The Morgan fingerprint density at radius 1 is 0.771 bits per heavy atom. The third kappa shape index (κ3) is 9.07. The van der Waals surface area contributed by atoms with Gasteiger partial charge in [-0.05, 0) is 53.9 Å². The van der Waals surface area contributed by atoms with Gasteiger partial charge in [0.05, 0.1) is 31.9 Å². The molecule has 0 bridgehead atoms. The van der Waals surface area contributed by atoms with Crippen molar-refractivity contribution in [1.29, 1.82) is 0 Å². The van der Waals surface area contributed by atoms with Crippen LogP contribution in [0.2, 0.25) is 0 Å². The van der Waals surface area contributed by atoms with E-state index in [0.29, 0.717) is 29.4 Å². The van der Waals surface area contributed by atoms with E-state index >= 15 is 0 Å². The molecular weight excluding hydrogens is 630 g/mol. The number of anilines is 1. The number of rotatable bonds is 17. The van der Waals surface area contributed by atoms with Gasteiger partial charge < -0.3 is 24.4 Å². The molecule has 10 nitrogen and oxygen atoms in total. The topological polar surface area (TPSA) is 114 Å². The standard InChI is InChI=1S/C37H43N3O7S/c1-5-6-22-38-37(42)33(24-28-14-9-7-10-15-28)39(26-29-16-13-17-31(23-29)45-2)36(41)27-40(48(43,44)32-18-11-8-12-19-32)30-20-21-34(46-3)35(25-30)47-4/h7-21,23,25,33H,5-6,22,24,26-27H2,1-4H3,(H,38,42). The van der Waals surface area contributed by atoms with Gasteiger partial charge in [-0.2, -0.15) is 0 Å². The maximum Gasteiger partial charge on any atom is 0.264 e. The highest BCUT2D eigenvalue weighted by Gasteiger charge is 2.35. The van der Waals surface area contributed by atoms with Gasteiger partial charge in [-0.15, -0.1) is 0 Å². The number of carbonyl (C=O) groups is 2. The van der Waals surface area contributed by atoms with E-state index in [1.54, 1.807) is 55.6 Å². The Morgan fingerprint density at radius 2 is 1.44 bits per heavy atom. The zero-order valence-electron chi connectivity index (χ0n) is 27.8. The summed E-state index contributed by atoms with van der Waals surface area (Å²) in [6, 6.07) is 28.3. The number of benzene rings is 4. The van der Waals surface area contributed by atoms with Crippen LogP contribution in [0.3, 0.4) is 0 Å². The molecule has 254 valence electrons. The first kappa shape index (κ1) is 35.8. The quantitative estimate of drug-likeness (QED) is 0.148. The van der Waals surface area contributed by atoms with E-state index in [9.17, 15) is 18.0 Å². The third-order valence-corrected chi connectivity index (χ3v) is 9.64. The molecule has 4 rings (SSSR count). The number of hydrogen-bond donors (Lipinski definition) is 1. The number of nitrogens with one attached hydrogen (secondary N) is 1. The zero-order valence-corrected chi connectivity index (χ0v) is 28.6. The van der Waals surface area contributed by atoms with E-state index in [1.807, 2.05) is 43.3 Å². The molecule has 1 unspecified atom stereocenters. The lowest BCUT2D eigenvalue weighted by Crippen LogP contribution is -2.53. The predicted octanol–water partition coefficient (Wildman–Crippen LogP) is 5.46. The van der Waals surface area contributed by atoms with Crippen molar-refractivity contribution in [2.24, 2.45) is 0 Å². The van der Waals surface area contributed by atoms with Crippen molar-refractivity contribution >= 4 is 27.5 Å². The molecule has 0 aromatic heterocycles. The molecule has 11 heteroatoms. The number of ether oxygens (including phenoxy) is 3. The normalized spacial score (nSPS) is 11.7. The van der Waals surface area contributed by atoms with Gasteiger partial charge in [-0.1, -0.05) is 74.0 Å². The molecule has 0 saturated carbocycles. The summed E-state index contributed by atoms with van der Waals surface area (Å²) in [4.78, 5) is 30.0. The van der Waals surface area contributed by atoms with Gasteiger partial charge in [0.1, 0.15) is 18.3 Å². The van der Waals surface area contributed by atoms with Gasteiger partial charge >= 0.3 is 0 Å². The van der Waals surface area contributed by atoms with Crippen molar-refractivity contribution in [3.05, 3.63) is 114 Å². The Bertz CT molecular complexity index is 1750. The lowest BCUT2D eigenvalue weighted by Gasteiger charge is -2.34. The van der Waals surface area contributed by atoms with Crippen molar-refractivity contribution in [2.75, 3.05) is 38.7 Å². The first-order valence-electron chi connectivity index (χ1n) is 15.8. The fourth-order valence-electron chi connectivity index (χ4n) is 5.26. The minimum absolute atomic E-state index is 0.00470. The van der Waals surface area contributed by atoms with Gasteiger partial charge in [0, 0.05) is 25.6 Å². The van der Waals surface area contributed by atoms with E-state index in [4.69, 9.17) is 14.2 Å². The van der Waals surface area contributed by atoms with Gasteiger partial charge in [0.2, 0.25) is 11.8 Å². The minimum atomic E-state index is -4.26. The molecule has 0 aliphatic carbocycles. The predicted molar refractivity (Wildman–Crippen MR) is 186 cm³/mol. The van der Waals surface area contributed by atoms with Crippen LogP contribution in [0, 0.1) is 0 Å². The Balaban J connectivity index is 1.83. The molecule has 2 amide bonds. The molecule has 4 aromatic carbocycles. The van der Waals surface area contributed by atoms with Crippen molar-refractivity contribution in [3.63, 3.8) is 0 Å². The van der Waals surface area contributed by atoms with E-state index in [2.05, 4.69) is 5.32 Å². The number of sulfonamides is 1. The molecular formula is C37H43N3O7S. The van der Waals surface area contributed by atoms with Crippen LogP contribution in [0.15, 0.2) is 108 Å². The number of hydrogen-bond acceptors (Lipinski definition) is 7. The molecule has 0 radical (unpaired) electrons. The van der Waals surface area contributed by atoms with Crippen LogP contribution in [0.1, 0.15) is 30.9 Å². The summed E-state index contributed by atoms with van der Waals surface area (Å²) in [7, 11) is 0.217. The third-order valence-electron chi connectivity index (χ3n) is 7.85. The second-order valence-electron chi connectivity index (χ2n) is 11.1. The van der Waals surface area contributed by atoms with E-state index in [0.717, 1.165) is 22.7 Å². The smallest absolute Gasteiger partial charge is 0.264 e. The van der Waals surface area contributed by atoms with Crippen molar-refractivity contribution in [3.8, 4) is 17.2 Å². The van der Waals surface area contributed by atoms with Gasteiger partial charge in [0.15, 0.2) is 11.5 Å². The number of methoxy groups -OCH3 is 3. The monoisotopic (exact) mass is 673 g/mol. The number of nitrogens with zero attached hydrogens (tertiary/aromatic N) is 2. The molecule has 0 fully saturated rings. The highest BCUT2D eigenvalue weighted by Crippen LogP contribution is 2.34. The van der Waals surface area contributed by atoms with Crippen molar-refractivity contribution in [2.45, 2.75) is 43.7 Å². The molecule has 48 heavy (non-hydrogen) atoms. The van der Waals surface area contributed by atoms with Crippen LogP contribution < -0.4 is 23.8 Å². The number of amides is 2. The van der Waals surface area contributed by atoms with Crippen LogP contribution in [0.4, 0.5) is 5.69 Å². The molecule has 0 aliphatic rings. The zero-order chi connectivity index (χ0) is 34.5. The summed E-state index contributed by atoms with van der Waals surface area (Å²) in [5.74, 6) is 0.383. The molecule has 0 saturated heterocycles. The molecule has 0 spiro atoms. The van der Waals surface area contributed by atoms with Crippen LogP contribution >= 0.6 is 0 Å². The molecule has 1 N–H and O–H groups in total. The summed E-state index contributed by atoms with van der Waals surface area (Å²) < 4.78 is 45.8. The Kier molecular flexibility index (Phi) is 12.8. The fraction of sp³-hybridized carbons (Fsp3) is 0.297. The lowest BCUT2D eigenvalue weighted by atomic mass is 10.0. The van der Waals surface area contributed by atoms with Crippen LogP contribution in [-0.2, 0) is 32.6 Å². The Labute approximate surface area is 283 Å². The Morgan fingerprint density at radius 3 is 2.08 bits per heavy atom.